The summed E-state index contributed by atoms with van der Waals surface area (Å²) in [6, 6.07) is 10.2. The molecule has 1 aromatic heterocycles. The maximum atomic E-state index is 13.7. The molecule has 0 unspecified atom stereocenters. The number of para-hydroxylation sites is 1. The summed E-state index contributed by atoms with van der Waals surface area (Å²) in [5, 5.41) is 0. The van der Waals surface area contributed by atoms with E-state index in [0.29, 0.717) is 11.3 Å². The second-order valence-corrected chi connectivity index (χ2v) is 7.33. The summed E-state index contributed by atoms with van der Waals surface area (Å²) in [5.41, 5.74) is 2.16. The maximum absolute atomic E-state index is 13.7. The number of halogens is 1. The first kappa shape index (κ1) is 15.6. The number of anilines is 1. The topological polar surface area (TPSA) is 74.8 Å². The number of imidazole rings is 1. The third kappa shape index (κ3) is 2.94. The number of aromatic nitrogens is 2. The van der Waals surface area contributed by atoms with Crippen molar-refractivity contribution in [2.45, 2.75) is 11.3 Å². The van der Waals surface area contributed by atoms with Crippen molar-refractivity contribution in [3.05, 3.63) is 72.3 Å². The minimum atomic E-state index is -3.91. The van der Waals surface area contributed by atoms with E-state index in [1.165, 1.54) is 30.3 Å². The molecule has 2 N–H and O–H groups in total. The van der Waals surface area contributed by atoms with Gasteiger partial charge in [0.2, 0.25) is 0 Å². The highest BCUT2D eigenvalue weighted by molar-refractivity contribution is 7.92. The highest BCUT2D eigenvalue weighted by Crippen LogP contribution is 2.25. The van der Waals surface area contributed by atoms with Crippen molar-refractivity contribution in [3.63, 3.8) is 0 Å². The van der Waals surface area contributed by atoms with Crippen LogP contribution in [0.3, 0.4) is 0 Å². The Hall–Kier alpha value is -2.93. The number of nitrogens with one attached hydrogen (secondary N) is 2. The van der Waals surface area contributed by atoms with Crippen LogP contribution in [0.15, 0.2) is 65.6 Å². The van der Waals surface area contributed by atoms with Crippen LogP contribution in [0.4, 0.5) is 10.1 Å². The Labute approximate surface area is 144 Å². The fourth-order valence-corrected chi connectivity index (χ4v) is 3.76. The lowest BCUT2D eigenvalue weighted by atomic mass is 10.3. The number of sulfonamides is 1. The molecule has 3 aromatic rings. The van der Waals surface area contributed by atoms with Crippen molar-refractivity contribution >= 4 is 32.3 Å². The number of allylic oxidation sites excluding steroid dienone is 4. The standard InChI is InChI=1S/C18H14FN3O2S/c19-14-7-3-4-8-15(14)22-25(23,24)13-9-10-16-17(11-13)21-18(20-16)12-5-1-2-6-12/h1,3-11,22H,2H2,(H,20,21). The number of hydrogen-bond donors (Lipinski definition) is 2. The van der Waals surface area contributed by atoms with Crippen molar-refractivity contribution in [1.82, 2.24) is 9.97 Å². The van der Waals surface area contributed by atoms with Gasteiger partial charge < -0.3 is 4.98 Å². The summed E-state index contributed by atoms with van der Waals surface area (Å²) in [6.07, 6.45) is 6.89. The molecule has 0 radical (unpaired) electrons. The van der Waals surface area contributed by atoms with E-state index in [0.717, 1.165) is 17.5 Å². The summed E-state index contributed by atoms with van der Waals surface area (Å²) in [4.78, 5) is 7.65. The number of benzene rings is 2. The zero-order valence-electron chi connectivity index (χ0n) is 13.0. The molecule has 1 heterocycles. The van der Waals surface area contributed by atoms with Crippen LogP contribution in [-0.2, 0) is 10.0 Å². The fraction of sp³-hybridized carbons (Fsp3) is 0.0556. The van der Waals surface area contributed by atoms with Crippen molar-refractivity contribution in [2.24, 2.45) is 0 Å². The Morgan fingerprint density at radius 3 is 2.76 bits per heavy atom. The monoisotopic (exact) mass is 355 g/mol. The molecule has 0 aliphatic heterocycles. The van der Waals surface area contributed by atoms with Crippen LogP contribution in [0.5, 0.6) is 0 Å². The van der Waals surface area contributed by atoms with Crippen LogP contribution in [0, 0.1) is 5.82 Å². The molecule has 2 aromatic carbocycles. The lowest BCUT2D eigenvalue weighted by Gasteiger charge is -2.08. The molecule has 0 atom stereocenters. The van der Waals surface area contributed by atoms with Gasteiger partial charge in [0.1, 0.15) is 11.6 Å². The largest absolute Gasteiger partial charge is 0.338 e. The van der Waals surface area contributed by atoms with E-state index in [9.17, 15) is 12.8 Å². The average molecular weight is 355 g/mol. The van der Waals surface area contributed by atoms with Gasteiger partial charge in [-0.3, -0.25) is 4.72 Å². The molecule has 0 spiro atoms. The van der Waals surface area contributed by atoms with Gasteiger partial charge in [-0.25, -0.2) is 17.8 Å². The zero-order chi connectivity index (χ0) is 17.4. The number of hydrogen-bond acceptors (Lipinski definition) is 3. The summed E-state index contributed by atoms with van der Waals surface area (Å²) >= 11 is 0. The van der Waals surface area contributed by atoms with Crippen molar-refractivity contribution < 1.29 is 12.8 Å². The first-order chi connectivity index (χ1) is 12.0. The van der Waals surface area contributed by atoms with Gasteiger partial charge in [0.25, 0.3) is 10.0 Å². The normalized spacial score (nSPS) is 14.0. The molecule has 0 amide bonds. The number of aromatic amines is 1. The van der Waals surface area contributed by atoms with E-state index in [1.54, 1.807) is 12.1 Å². The van der Waals surface area contributed by atoms with Gasteiger partial charge in [0.15, 0.2) is 0 Å². The molecular weight excluding hydrogens is 341 g/mol. The molecule has 25 heavy (non-hydrogen) atoms. The van der Waals surface area contributed by atoms with E-state index in [2.05, 4.69) is 14.7 Å². The Morgan fingerprint density at radius 2 is 2.00 bits per heavy atom. The van der Waals surface area contributed by atoms with Crippen molar-refractivity contribution in [1.29, 1.82) is 0 Å². The van der Waals surface area contributed by atoms with E-state index in [4.69, 9.17) is 0 Å². The SMILES string of the molecule is O=S(=O)(Nc1ccccc1F)c1ccc2[nH]c(C3=CCC=C3)nc2c1. The summed E-state index contributed by atoms with van der Waals surface area (Å²) in [6.45, 7) is 0. The van der Waals surface area contributed by atoms with Gasteiger partial charge in [-0.1, -0.05) is 30.4 Å². The molecule has 0 fully saturated rings. The Bertz CT molecular complexity index is 1130. The number of nitrogens with zero attached hydrogens (tertiary/aromatic N) is 1. The van der Waals surface area contributed by atoms with Crippen LogP contribution in [0.25, 0.3) is 16.6 Å². The van der Waals surface area contributed by atoms with Gasteiger partial charge in [-0.15, -0.1) is 0 Å². The van der Waals surface area contributed by atoms with Gasteiger partial charge in [-0.2, -0.15) is 0 Å². The molecule has 1 aliphatic carbocycles. The van der Waals surface area contributed by atoms with Crippen molar-refractivity contribution in [3.8, 4) is 0 Å². The van der Waals surface area contributed by atoms with Crippen LogP contribution in [0.2, 0.25) is 0 Å². The average Bonchev–Trinajstić information content (AvgIpc) is 3.25. The molecule has 5 nitrogen and oxygen atoms in total. The lowest BCUT2D eigenvalue weighted by Crippen LogP contribution is -2.13. The molecule has 0 bridgehead atoms. The van der Waals surface area contributed by atoms with Gasteiger partial charge >= 0.3 is 0 Å². The van der Waals surface area contributed by atoms with Crippen LogP contribution < -0.4 is 4.72 Å². The van der Waals surface area contributed by atoms with Gasteiger partial charge in [0.05, 0.1) is 21.6 Å². The minimum absolute atomic E-state index is 0.0252. The minimum Gasteiger partial charge on any atom is -0.338 e. The fourth-order valence-electron chi connectivity index (χ4n) is 2.67. The third-order valence-corrected chi connectivity index (χ3v) is 5.29. The van der Waals surface area contributed by atoms with E-state index < -0.39 is 15.8 Å². The number of H-pyrrole nitrogens is 1. The second-order valence-electron chi connectivity index (χ2n) is 5.65. The highest BCUT2D eigenvalue weighted by atomic mass is 32.2. The van der Waals surface area contributed by atoms with E-state index >= 15 is 0 Å². The van der Waals surface area contributed by atoms with Crippen LogP contribution >= 0.6 is 0 Å². The van der Waals surface area contributed by atoms with Crippen LogP contribution in [0.1, 0.15) is 12.2 Å². The lowest BCUT2D eigenvalue weighted by molar-refractivity contribution is 0.598. The first-order valence-electron chi connectivity index (χ1n) is 7.67. The Morgan fingerprint density at radius 1 is 1.16 bits per heavy atom. The predicted molar refractivity (Wildman–Crippen MR) is 95.0 cm³/mol. The van der Waals surface area contributed by atoms with Crippen molar-refractivity contribution in [2.75, 3.05) is 4.72 Å². The molecule has 0 saturated heterocycles. The van der Waals surface area contributed by atoms with Gasteiger partial charge in [-0.05, 0) is 36.8 Å². The number of rotatable bonds is 4. The highest BCUT2D eigenvalue weighted by Gasteiger charge is 2.18. The summed E-state index contributed by atoms with van der Waals surface area (Å²) < 4.78 is 41.0. The van der Waals surface area contributed by atoms with E-state index in [-0.39, 0.29) is 10.6 Å². The molecule has 0 saturated carbocycles. The Kier molecular flexibility index (Phi) is 3.65. The quantitative estimate of drug-likeness (QED) is 0.746. The molecule has 4 rings (SSSR count). The second kappa shape index (κ2) is 5.86. The predicted octanol–water partition coefficient (Wildman–Crippen LogP) is 3.85. The Balaban J connectivity index is 1.71. The van der Waals surface area contributed by atoms with E-state index in [1.807, 2.05) is 18.2 Å². The third-order valence-electron chi connectivity index (χ3n) is 3.93. The zero-order valence-corrected chi connectivity index (χ0v) is 13.8. The first-order valence-corrected chi connectivity index (χ1v) is 9.15. The number of fused-ring (bicyclic) bond motifs is 1. The summed E-state index contributed by atoms with van der Waals surface area (Å²) in [5.74, 6) is 0.0644. The molecular formula is C18H14FN3O2S. The molecule has 126 valence electrons. The van der Waals surface area contributed by atoms with Gasteiger partial charge in [0, 0.05) is 5.57 Å². The molecule has 7 heteroatoms. The maximum Gasteiger partial charge on any atom is 0.262 e. The smallest absolute Gasteiger partial charge is 0.262 e. The van der Waals surface area contributed by atoms with Crippen LogP contribution in [-0.4, -0.2) is 18.4 Å². The molecule has 1 aliphatic rings. The summed E-state index contributed by atoms with van der Waals surface area (Å²) in [7, 11) is -3.91.